The number of carbonyl (C=O) groups excluding carboxylic acids is 2. The van der Waals surface area contributed by atoms with Crippen LogP contribution in [0.5, 0.6) is 0 Å². The molecule has 0 radical (unpaired) electrons. The molecule has 1 heterocycles. The lowest BCUT2D eigenvalue weighted by atomic mass is 10.1. The van der Waals surface area contributed by atoms with E-state index in [4.69, 9.17) is 5.21 Å². The zero-order valence-electron chi connectivity index (χ0n) is 11.7. The summed E-state index contributed by atoms with van der Waals surface area (Å²) in [4.78, 5) is 26.7. The van der Waals surface area contributed by atoms with Gasteiger partial charge in [0.25, 0.3) is 11.8 Å². The van der Waals surface area contributed by atoms with Gasteiger partial charge in [0.1, 0.15) is 5.69 Å². The van der Waals surface area contributed by atoms with Crippen molar-refractivity contribution < 1.29 is 14.8 Å². The Labute approximate surface area is 127 Å². The summed E-state index contributed by atoms with van der Waals surface area (Å²) >= 11 is 0. The largest absolute Gasteiger partial charge is 0.347 e. The molecule has 6 nitrogen and oxygen atoms in total. The summed E-state index contributed by atoms with van der Waals surface area (Å²) in [5.74, 6) is -0.823. The number of hydroxylamine groups is 1. The van der Waals surface area contributed by atoms with E-state index in [1.807, 2.05) is 24.3 Å². The summed E-state index contributed by atoms with van der Waals surface area (Å²) in [6.45, 7) is 0.385. The van der Waals surface area contributed by atoms with Gasteiger partial charge in [0, 0.05) is 18.8 Å². The van der Waals surface area contributed by atoms with Crippen LogP contribution < -0.4 is 10.8 Å². The van der Waals surface area contributed by atoms with Gasteiger partial charge in [0.15, 0.2) is 0 Å². The lowest BCUT2D eigenvalue weighted by Crippen LogP contribution is -2.23. The van der Waals surface area contributed by atoms with E-state index in [1.54, 1.807) is 30.5 Å². The number of hydrogen-bond donors (Lipinski definition) is 3. The molecule has 0 atom stereocenters. The highest BCUT2D eigenvalue weighted by atomic mass is 16.5. The van der Waals surface area contributed by atoms with Crippen molar-refractivity contribution in [3.8, 4) is 0 Å². The number of amides is 2. The molecule has 0 bridgehead atoms. The Hall–Kier alpha value is -2.99. The van der Waals surface area contributed by atoms with Gasteiger partial charge in [-0.25, -0.2) is 5.48 Å². The quantitative estimate of drug-likeness (QED) is 0.443. The van der Waals surface area contributed by atoms with Gasteiger partial charge in [-0.15, -0.1) is 0 Å². The van der Waals surface area contributed by atoms with Crippen molar-refractivity contribution in [2.75, 3.05) is 0 Å². The number of hydrogen-bond acceptors (Lipinski definition) is 4. The SMILES string of the molecule is O=C(C=Cc1ccc(CNC(=O)c2ccccn2)cc1)NO. The van der Waals surface area contributed by atoms with E-state index in [0.717, 1.165) is 11.1 Å². The predicted molar refractivity (Wildman–Crippen MR) is 80.8 cm³/mol. The summed E-state index contributed by atoms with van der Waals surface area (Å²) in [5.41, 5.74) is 3.62. The van der Waals surface area contributed by atoms with Crippen LogP contribution in [0.1, 0.15) is 21.6 Å². The predicted octanol–water partition coefficient (Wildman–Crippen LogP) is 1.53. The van der Waals surface area contributed by atoms with E-state index in [2.05, 4.69) is 10.3 Å². The molecule has 1 aromatic heterocycles. The van der Waals surface area contributed by atoms with E-state index in [-0.39, 0.29) is 5.91 Å². The van der Waals surface area contributed by atoms with Gasteiger partial charge in [-0.05, 0) is 29.3 Å². The van der Waals surface area contributed by atoms with Crippen molar-refractivity contribution in [3.05, 3.63) is 71.6 Å². The van der Waals surface area contributed by atoms with Crippen molar-refractivity contribution in [1.82, 2.24) is 15.8 Å². The highest BCUT2D eigenvalue weighted by Crippen LogP contribution is 2.06. The standard InChI is InChI=1S/C16H15N3O3/c20-15(19-22)9-8-12-4-6-13(7-5-12)11-18-16(21)14-3-1-2-10-17-14/h1-10,22H,11H2,(H,18,21)(H,19,20). The minimum Gasteiger partial charge on any atom is -0.347 e. The Bertz CT molecular complexity index is 667. The molecule has 0 aliphatic heterocycles. The van der Waals surface area contributed by atoms with Crippen LogP contribution in [0.25, 0.3) is 6.08 Å². The smallest absolute Gasteiger partial charge is 0.270 e. The Morgan fingerprint density at radius 3 is 2.55 bits per heavy atom. The molecule has 2 amide bonds. The number of pyridine rings is 1. The molecule has 6 heteroatoms. The average molecular weight is 297 g/mol. The molecule has 0 saturated heterocycles. The second-order valence-electron chi connectivity index (χ2n) is 4.45. The summed E-state index contributed by atoms with van der Waals surface area (Å²) in [6.07, 6.45) is 4.36. The number of rotatable bonds is 5. The molecular weight excluding hydrogens is 282 g/mol. The van der Waals surface area contributed by atoms with Crippen LogP contribution in [0.3, 0.4) is 0 Å². The van der Waals surface area contributed by atoms with Gasteiger partial charge in [0.05, 0.1) is 0 Å². The number of carbonyl (C=O) groups is 2. The fourth-order valence-corrected chi connectivity index (χ4v) is 1.73. The maximum atomic E-state index is 11.8. The second kappa shape index (κ2) is 7.70. The van der Waals surface area contributed by atoms with E-state index < -0.39 is 5.91 Å². The molecule has 1 aromatic carbocycles. The minimum atomic E-state index is -0.591. The first kappa shape index (κ1) is 15.4. The zero-order chi connectivity index (χ0) is 15.8. The molecule has 22 heavy (non-hydrogen) atoms. The Morgan fingerprint density at radius 2 is 1.91 bits per heavy atom. The lowest BCUT2D eigenvalue weighted by molar-refractivity contribution is -0.124. The third-order valence-electron chi connectivity index (χ3n) is 2.87. The Morgan fingerprint density at radius 1 is 1.14 bits per heavy atom. The Kier molecular flexibility index (Phi) is 5.39. The summed E-state index contributed by atoms with van der Waals surface area (Å²) in [5, 5.41) is 11.2. The van der Waals surface area contributed by atoms with Crippen LogP contribution in [0.2, 0.25) is 0 Å². The van der Waals surface area contributed by atoms with Crippen molar-refractivity contribution in [1.29, 1.82) is 0 Å². The number of benzene rings is 1. The maximum absolute atomic E-state index is 11.8. The van der Waals surface area contributed by atoms with E-state index in [0.29, 0.717) is 12.2 Å². The van der Waals surface area contributed by atoms with Crippen molar-refractivity contribution in [3.63, 3.8) is 0 Å². The van der Waals surface area contributed by atoms with E-state index in [1.165, 1.54) is 11.6 Å². The molecule has 0 spiro atoms. The highest BCUT2D eigenvalue weighted by molar-refractivity contribution is 5.92. The average Bonchev–Trinajstić information content (AvgIpc) is 2.59. The zero-order valence-corrected chi connectivity index (χ0v) is 11.7. The molecule has 112 valence electrons. The molecular formula is C16H15N3O3. The molecule has 0 saturated carbocycles. The summed E-state index contributed by atoms with van der Waals surface area (Å²) in [6, 6.07) is 12.5. The van der Waals surface area contributed by atoms with E-state index in [9.17, 15) is 9.59 Å². The monoisotopic (exact) mass is 297 g/mol. The van der Waals surface area contributed by atoms with Crippen molar-refractivity contribution >= 4 is 17.9 Å². The lowest BCUT2D eigenvalue weighted by Gasteiger charge is -2.05. The second-order valence-corrected chi connectivity index (χ2v) is 4.45. The maximum Gasteiger partial charge on any atom is 0.270 e. The van der Waals surface area contributed by atoms with Crippen LogP contribution in [-0.4, -0.2) is 22.0 Å². The van der Waals surface area contributed by atoms with Crippen molar-refractivity contribution in [2.24, 2.45) is 0 Å². The third-order valence-corrected chi connectivity index (χ3v) is 2.87. The van der Waals surface area contributed by atoms with Crippen LogP contribution in [0.4, 0.5) is 0 Å². The molecule has 0 aliphatic rings. The Balaban J connectivity index is 1.90. The first-order chi connectivity index (χ1) is 10.7. The molecule has 2 aromatic rings. The molecule has 3 N–H and O–H groups in total. The first-order valence-corrected chi connectivity index (χ1v) is 6.59. The van der Waals surface area contributed by atoms with Gasteiger partial charge >= 0.3 is 0 Å². The summed E-state index contributed by atoms with van der Waals surface area (Å²) in [7, 11) is 0. The van der Waals surface area contributed by atoms with Gasteiger partial charge in [-0.3, -0.25) is 19.8 Å². The molecule has 0 unspecified atom stereocenters. The summed E-state index contributed by atoms with van der Waals surface area (Å²) < 4.78 is 0. The highest BCUT2D eigenvalue weighted by Gasteiger charge is 2.05. The molecule has 0 fully saturated rings. The molecule has 2 rings (SSSR count). The number of nitrogens with one attached hydrogen (secondary N) is 2. The fraction of sp³-hybridized carbons (Fsp3) is 0.0625. The van der Waals surface area contributed by atoms with Crippen LogP contribution >= 0.6 is 0 Å². The number of nitrogens with zero attached hydrogens (tertiary/aromatic N) is 1. The minimum absolute atomic E-state index is 0.232. The topological polar surface area (TPSA) is 91.3 Å². The van der Waals surface area contributed by atoms with Crippen LogP contribution in [-0.2, 0) is 11.3 Å². The first-order valence-electron chi connectivity index (χ1n) is 6.59. The van der Waals surface area contributed by atoms with Crippen LogP contribution in [0, 0.1) is 0 Å². The van der Waals surface area contributed by atoms with Gasteiger partial charge < -0.3 is 5.32 Å². The normalized spacial score (nSPS) is 10.4. The third kappa shape index (κ3) is 4.53. The molecule has 0 aliphatic carbocycles. The van der Waals surface area contributed by atoms with Crippen molar-refractivity contribution in [2.45, 2.75) is 6.54 Å². The van der Waals surface area contributed by atoms with Gasteiger partial charge in [-0.2, -0.15) is 0 Å². The van der Waals surface area contributed by atoms with Gasteiger partial charge in [0.2, 0.25) is 0 Å². The van der Waals surface area contributed by atoms with E-state index >= 15 is 0 Å². The fourth-order valence-electron chi connectivity index (χ4n) is 1.73. The number of aromatic nitrogens is 1. The van der Waals surface area contributed by atoms with Gasteiger partial charge in [-0.1, -0.05) is 30.3 Å². The van der Waals surface area contributed by atoms with Crippen LogP contribution in [0.15, 0.2) is 54.7 Å².